The Hall–Kier alpha value is -3.81. The topological polar surface area (TPSA) is 105 Å². The Balaban J connectivity index is 1.98. The van der Waals surface area contributed by atoms with Crippen LogP contribution in [0.4, 0.5) is 4.39 Å². The first-order valence-electron chi connectivity index (χ1n) is 8.88. The molecule has 0 bridgehead atoms. The van der Waals surface area contributed by atoms with Crippen LogP contribution in [0, 0.1) is 0 Å². The first-order valence-corrected chi connectivity index (χ1v) is 8.88. The molecule has 3 N–H and O–H groups in total. The Morgan fingerprint density at radius 1 is 1.17 bits per heavy atom. The smallest absolute Gasteiger partial charge is 0.267 e. The number of phenolic OH excluding ortho intramolecular Hbond substituents is 1. The van der Waals surface area contributed by atoms with Gasteiger partial charge in [0.2, 0.25) is 5.54 Å². The summed E-state index contributed by atoms with van der Waals surface area (Å²) in [4.78, 5) is 27.5. The molecule has 0 saturated carbocycles. The lowest BCUT2D eigenvalue weighted by molar-refractivity contribution is -0.129. The van der Waals surface area contributed by atoms with Gasteiger partial charge in [0, 0.05) is 18.8 Å². The summed E-state index contributed by atoms with van der Waals surface area (Å²) in [7, 11) is 1.52. The van der Waals surface area contributed by atoms with E-state index in [9.17, 15) is 14.3 Å². The molecule has 4 rings (SSSR count). The minimum Gasteiger partial charge on any atom is -0.507 e. The van der Waals surface area contributed by atoms with Crippen LogP contribution in [0.2, 0.25) is 0 Å². The number of aromatic nitrogens is 2. The maximum Gasteiger partial charge on any atom is 0.267 e. The summed E-state index contributed by atoms with van der Waals surface area (Å²) in [6, 6.07) is 14.7. The minimum atomic E-state index is -1.58. The number of rotatable bonds is 4. The minimum absolute atomic E-state index is 0.00354. The quantitative estimate of drug-likeness (QED) is 0.710. The molecule has 29 heavy (non-hydrogen) atoms. The molecule has 0 saturated heterocycles. The van der Waals surface area contributed by atoms with Crippen LogP contribution in [0.25, 0.3) is 11.3 Å². The highest BCUT2D eigenvalue weighted by atomic mass is 19.1. The van der Waals surface area contributed by atoms with Gasteiger partial charge in [0.25, 0.3) is 5.91 Å². The number of benzene rings is 1. The monoisotopic (exact) mass is 391 g/mol. The molecule has 7 nitrogen and oxygen atoms in total. The average Bonchev–Trinajstić information content (AvgIpc) is 2.99. The molecular weight excluding hydrogens is 373 g/mol. The summed E-state index contributed by atoms with van der Waals surface area (Å²) in [6.45, 7) is -0.776. The molecule has 1 aliphatic heterocycles. The number of amides is 1. The molecule has 0 spiro atoms. The molecule has 0 radical (unpaired) electrons. The van der Waals surface area contributed by atoms with E-state index in [0.29, 0.717) is 16.8 Å². The van der Waals surface area contributed by atoms with Crippen LogP contribution in [-0.2, 0) is 17.0 Å². The van der Waals surface area contributed by atoms with Crippen molar-refractivity contribution in [2.45, 2.75) is 12.2 Å². The molecule has 146 valence electrons. The van der Waals surface area contributed by atoms with Gasteiger partial charge in [-0.1, -0.05) is 18.2 Å². The average molecular weight is 391 g/mol. The van der Waals surface area contributed by atoms with Gasteiger partial charge in [0.05, 0.1) is 17.1 Å². The number of aromatic hydroxyl groups is 1. The van der Waals surface area contributed by atoms with E-state index >= 15 is 0 Å². The number of guanidine groups is 1. The largest absolute Gasteiger partial charge is 0.507 e. The van der Waals surface area contributed by atoms with E-state index in [2.05, 4.69) is 15.0 Å². The van der Waals surface area contributed by atoms with Crippen molar-refractivity contribution < 1.29 is 14.3 Å². The van der Waals surface area contributed by atoms with E-state index < -0.39 is 18.1 Å². The molecular formula is C21H18FN5O2. The van der Waals surface area contributed by atoms with Gasteiger partial charge < -0.3 is 10.8 Å². The zero-order valence-electron chi connectivity index (χ0n) is 15.6. The number of halogens is 1. The zero-order valence-corrected chi connectivity index (χ0v) is 15.6. The van der Waals surface area contributed by atoms with Gasteiger partial charge in [-0.3, -0.25) is 19.7 Å². The highest BCUT2D eigenvalue weighted by Gasteiger charge is 2.51. The fourth-order valence-electron chi connectivity index (χ4n) is 3.39. The van der Waals surface area contributed by atoms with Crippen LogP contribution >= 0.6 is 0 Å². The number of nitrogens with two attached hydrogens (primary N) is 1. The number of hydrogen-bond donors (Lipinski definition) is 2. The van der Waals surface area contributed by atoms with Crippen LogP contribution in [0.5, 0.6) is 5.75 Å². The predicted molar refractivity (Wildman–Crippen MR) is 106 cm³/mol. The number of phenols is 1. The molecule has 8 heteroatoms. The summed E-state index contributed by atoms with van der Waals surface area (Å²) in [5.41, 5.74) is 6.22. The molecule has 1 aromatic carbocycles. The lowest BCUT2D eigenvalue weighted by Gasteiger charge is -2.26. The van der Waals surface area contributed by atoms with E-state index in [4.69, 9.17) is 5.73 Å². The van der Waals surface area contributed by atoms with Gasteiger partial charge in [-0.15, -0.1) is 0 Å². The zero-order chi connectivity index (χ0) is 20.6. The fourth-order valence-corrected chi connectivity index (χ4v) is 3.39. The summed E-state index contributed by atoms with van der Waals surface area (Å²) in [6.07, 6.45) is 1.61. The number of carbonyl (C=O) groups excluding carboxylic acids is 1. The van der Waals surface area contributed by atoms with Crippen molar-refractivity contribution in [3.63, 3.8) is 0 Å². The standard InChI is InChI=1S/C21H18FN5O2/c1-27-19(29)21(26-20(27)23,18-7-4-5-14(12-22)25-18)13-8-9-17(28)15(11-13)16-6-2-3-10-24-16/h2-11,28H,12H2,1H3,(H2,23,26). The van der Waals surface area contributed by atoms with Gasteiger partial charge in [-0.25, -0.2) is 9.38 Å². The van der Waals surface area contributed by atoms with E-state index in [1.54, 1.807) is 48.7 Å². The van der Waals surface area contributed by atoms with Crippen molar-refractivity contribution in [1.82, 2.24) is 14.9 Å². The van der Waals surface area contributed by atoms with E-state index in [1.807, 2.05) is 0 Å². The Morgan fingerprint density at radius 2 is 2.00 bits per heavy atom. The van der Waals surface area contributed by atoms with Crippen LogP contribution < -0.4 is 5.73 Å². The number of carbonyl (C=O) groups is 1. The molecule has 0 fully saturated rings. The normalized spacial score (nSPS) is 18.8. The summed E-state index contributed by atoms with van der Waals surface area (Å²) in [5, 5.41) is 10.4. The van der Waals surface area contributed by atoms with Crippen LogP contribution in [-0.4, -0.2) is 38.9 Å². The molecule has 2 aromatic heterocycles. The van der Waals surface area contributed by atoms with Gasteiger partial charge in [-0.2, -0.15) is 0 Å². The SMILES string of the molecule is CN1C(=O)C(c2ccc(O)c(-c3ccccn3)c2)(c2cccc(CF)n2)N=C1N. The van der Waals surface area contributed by atoms with Crippen molar-refractivity contribution in [2.75, 3.05) is 7.05 Å². The summed E-state index contributed by atoms with van der Waals surface area (Å²) < 4.78 is 13.2. The second-order valence-electron chi connectivity index (χ2n) is 6.64. The number of pyridine rings is 2. The Labute approximate surface area is 166 Å². The van der Waals surface area contributed by atoms with Gasteiger partial charge in [0.1, 0.15) is 12.4 Å². The molecule has 1 unspecified atom stereocenters. The number of likely N-dealkylation sites (N-methyl/N-ethyl adjacent to an activating group) is 1. The lowest BCUT2D eigenvalue weighted by Crippen LogP contribution is -2.41. The number of hydrogen-bond acceptors (Lipinski definition) is 6. The highest BCUT2D eigenvalue weighted by molar-refractivity contribution is 6.08. The second-order valence-corrected chi connectivity index (χ2v) is 6.64. The third-order valence-corrected chi connectivity index (χ3v) is 4.91. The van der Waals surface area contributed by atoms with Crippen LogP contribution in [0.15, 0.2) is 65.8 Å². The van der Waals surface area contributed by atoms with Crippen molar-refractivity contribution in [3.05, 3.63) is 77.7 Å². The first-order chi connectivity index (χ1) is 14.0. The maximum absolute atomic E-state index is 13.3. The molecule has 1 aliphatic rings. The number of aliphatic imine (C=N–C) groups is 1. The number of nitrogens with zero attached hydrogens (tertiary/aromatic N) is 4. The molecule has 3 heterocycles. The summed E-state index contributed by atoms with van der Waals surface area (Å²) in [5.74, 6) is -0.394. The fraction of sp³-hybridized carbons (Fsp3) is 0.143. The summed E-state index contributed by atoms with van der Waals surface area (Å²) >= 11 is 0. The second kappa shape index (κ2) is 6.97. The maximum atomic E-state index is 13.3. The van der Waals surface area contributed by atoms with Crippen LogP contribution in [0.3, 0.4) is 0 Å². The molecule has 3 aromatic rings. The predicted octanol–water partition coefficient (Wildman–Crippen LogP) is 2.35. The molecule has 1 amide bonds. The first kappa shape index (κ1) is 18.5. The Kier molecular flexibility index (Phi) is 4.46. The third kappa shape index (κ3) is 2.89. The Morgan fingerprint density at radius 3 is 2.66 bits per heavy atom. The number of alkyl halides is 1. The van der Waals surface area contributed by atoms with Gasteiger partial charge in [-0.05, 0) is 42.0 Å². The van der Waals surface area contributed by atoms with Crippen molar-refractivity contribution in [1.29, 1.82) is 0 Å². The van der Waals surface area contributed by atoms with Crippen LogP contribution in [0.1, 0.15) is 17.0 Å². The van der Waals surface area contributed by atoms with Gasteiger partial charge >= 0.3 is 0 Å². The highest BCUT2D eigenvalue weighted by Crippen LogP contribution is 2.41. The molecule has 0 aliphatic carbocycles. The van der Waals surface area contributed by atoms with Crippen molar-refractivity contribution >= 4 is 11.9 Å². The van der Waals surface area contributed by atoms with E-state index in [-0.39, 0.29) is 23.1 Å². The van der Waals surface area contributed by atoms with E-state index in [1.165, 1.54) is 24.1 Å². The van der Waals surface area contributed by atoms with Gasteiger partial charge in [0.15, 0.2) is 5.96 Å². The van der Waals surface area contributed by atoms with E-state index in [0.717, 1.165) is 0 Å². The molecule has 1 atom stereocenters. The lowest BCUT2D eigenvalue weighted by atomic mass is 9.84. The third-order valence-electron chi connectivity index (χ3n) is 4.91. The Bertz CT molecular complexity index is 1120. The van der Waals surface area contributed by atoms with Crippen molar-refractivity contribution in [3.8, 4) is 17.0 Å². The van der Waals surface area contributed by atoms with Crippen molar-refractivity contribution in [2.24, 2.45) is 10.7 Å².